The summed E-state index contributed by atoms with van der Waals surface area (Å²) in [5.74, 6) is 0.616. The van der Waals surface area contributed by atoms with Gasteiger partial charge in [-0.25, -0.2) is 0 Å². The van der Waals surface area contributed by atoms with Crippen LogP contribution in [0, 0.1) is 0 Å². The molecule has 0 aliphatic carbocycles. The first-order valence-corrected chi connectivity index (χ1v) is 6.40. The molecule has 0 saturated carbocycles. The largest absolute Gasteiger partial charge is 0.494 e. The minimum atomic E-state index is -0.237. The Morgan fingerprint density at radius 1 is 1.21 bits per heavy atom. The second-order valence-electron chi connectivity index (χ2n) is 4.30. The Kier molecular flexibility index (Phi) is 4.29. The summed E-state index contributed by atoms with van der Waals surface area (Å²) in [6.07, 6.45) is 1.71. The SMILES string of the molecule is CCOc1ccc(C(=O)C(C)c2ccccn2)cc1. The number of benzene rings is 1. The molecule has 2 aromatic rings. The number of ether oxygens (including phenoxy) is 1. The van der Waals surface area contributed by atoms with Crippen molar-refractivity contribution < 1.29 is 9.53 Å². The van der Waals surface area contributed by atoms with Crippen LogP contribution in [-0.2, 0) is 0 Å². The van der Waals surface area contributed by atoms with Gasteiger partial charge in [-0.1, -0.05) is 6.07 Å². The highest BCUT2D eigenvalue weighted by atomic mass is 16.5. The van der Waals surface area contributed by atoms with Gasteiger partial charge >= 0.3 is 0 Å². The van der Waals surface area contributed by atoms with E-state index < -0.39 is 0 Å². The second kappa shape index (κ2) is 6.14. The normalized spacial score (nSPS) is 11.9. The predicted octanol–water partition coefficient (Wildman–Crippen LogP) is 3.47. The quantitative estimate of drug-likeness (QED) is 0.768. The van der Waals surface area contributed by atoms with E-state index in [1.54, 1.807) is 18.3 Å². The molecule has 2 rings (SSSR count). The maximum absolute atomic E-state index is 12.3. The molecule has 1 heterocycles. The molecule has 0 spiro atoms. The minimum absolute atomic E-state index is 0.0711. The molecule has 0 aliphatic rings. The third-order valence-corrected chi connectivity index (χ3v) is 2.97. The van der Waals surface area contributed by atoms with Gasteiger partial charge in [-0.15, -0.1) is 0 Å². The minimum Gasteiger partial charge on any atom is -0.494 e. The number of ketones is 1. The van der Waals surface area contributed by atoms with E-state index in [4.69, 9.17) is 4.74 Å². The topological polar surface area (TPSA) is 39.2 Å². The molecule has 3 heteroatoms. The predicted molar refractivity (Wildman–Crippen MR) is 74.6 cm³/mol. The first-order chi connectivity index (χ1) is 9.22. The summed E-state index contributed by atoms with van der Waals surface area (Å²) in [4.78, 5) is 16.6. The first-order valence-electron chi connectivity index (χ1n) is 6.40. The molecular weight excluding hydrogens is 238 g/mol. The van der Waals surface area contributed by atoms with Gasteiger partial charge in [0, 0.05) is 11.8 Å². The summed E-state index contributed by atoms with van der Waals surface area (Å²) in [5, 5.41) is 0. The molecule has 0 saturated heterocycles. The zero-order chi connectivity index (χ0) is 13.7. The second-order valence-corrected chi connectivity index (χ2v) is 4.30. The van der Waals surface area contributed by atoms with Crippen molar-refractivity contribution in [3.05, 3.63) is 59.9 Å². The Morgan fingerprint density at radius 3 is 2.53 bits per heavy atom. The van der Waals surface area contributed by atoms with Gasteiger partial charge in [0.1, 0.15) is 5.75 Å². The van der Waals surface area contributed by atoms with Crippen molar-refractivity contribution in [2.24, 2.45) is 0 Å². The molecule has 0 aliphatic heterocycles. The molecule has 1 aromatic heterocycles. The van der Waals surface area contributed by atoms with Crippen LogP contribution in [0.15, 0.2) is 48.7 Å². The summed E-state index contributed by atoms with van der Waals surface area (Å²) in [7, 11) is 0. The highest BCUT2D eigenvalue weighted by Crippen LogP contribution is 2.20. The summed E-state index contributed by atoms with van der Waals surface area (Å²) in [6.45, 7) is 4.43. The van der Waals surface area contributed by atoms with Crippen LogP contribution in [0.3, 0.4) is 0 Å². The molecule has 1 aromatic carbocycles. The van der Waals surface area contributed by atoms with E-state index in [1.807, 2.05) is 44.2 Å². The lowest BCUT2D eigenvalue weighted by atomic mass is 9.96. The van der Waals surface area contributed by atoms with Gasteiger partial charge < -0.3 is 4.74 Å². The zero-order valence-corrected chi connectivity index (χ0v) is 11.2. The van der Waals surface area contributed by atoms with Crippen LogP contribution < -0.4 is 4.74 Å². The monoisotopic (exact) mass is 255 g/mol. The number of rotatable bonds is 5. The van der Waals surface area contributed by atoms with Crippen molar-refractivity contribution >= 4 is 5.78 Å². The third kappa shape index (κ3) is 3.19. The summed E-state index contributed by atoms with van der Waals surface area (Å²) in [6, 6.07) is 12.8. The van der Waals surface area contributed by atoms with Crippen LogP contribution in [-0.4, -0.2) is 17.4 Å². The molecule has 19 heavy (non-hydrogen) atoms. The summed E-state index contributed by atoms with van der Waals surface area (Å²) in [5.41, 5.74) is 1.47. The smallest absolute Gasteiger partial charge is 0.171 e. The van der Waals surface area contributed by atoms with Gasteiger partial charge in [0.15, 0.2) is 5.78 Å². The average molecular weight is 255 g/mol. The summed E-state index contributed by atoms with van der Waals surface area (Å²) < 4.78 is 5.36. The molecule has 0 bridgehead atoms. The van der Waals surface area contributed by atoms with E-state index in [0.29, 0.717) is 12.2 Å². The van der Waals surface area contributed by atoms with E-state index in [2.05, 4.69) is 4.98 Å². The lowest BCUT2D eigenvalue weighted by molar-refractivity contribution is 0.0964. The van der Waals surface area contributed by atoms with Crippen LogP contribution in [0.4, 0.5) is 0 Å². The molecule has 0 amide bonds. The Labute approximate surface area is 113 Å². The fraction of sp³-hybridized carbons (Fsp3) is 0.250. The Morgan fingerprint density at radius 2 is 1.95 bits per heavy atom. The van der Waals surface area contributed by atoms with Crippen LogP contribution in [0.5, 0.6) is 5.75 Å². The number of carbonyl (C=O) groups excluding carboxylic acids is 1. The lowest BCUT2D eigenvalue weighted by Crippen LogP contribution is -2.10. The van der Waals surface area contributed by atoms with Crippen molar-refractivity contribution in [2.45, 2.75) is 19.8 Å². The maximum atomic E-state index is 12.3. The molecule has 98 valence electrons. The molecule has 0 fully saturated rings. The Balaban J connectivity index is 2.15. The van der Waals surface area contributed by atoms with Crippen LogP contribution in [0.25, 0.3) is 0 Å². The van der Waals surface area contributed by atoms with Crippen molar-refractivity contribution in [3.8, 4) is 5.75 Å². The van der Waals surface area contributed by atoms with Crippen LogP contribution >= 0.6 is 0 Å². The van der Waals surface area contributed by atoms with Gasteiger partial charge in [-0.2, -0.15) is 0 Å². The molecule has 1 atom stereocenters. The van der Waals surface area contributed by atoms with Gasteiger partial charge in [0.05, 0.1) is 18.2 Å². The molecule has 0 N–H and O–H groups in total. The molecule has 1 unspecified atom stereocenters. The fourth-order valence-electron chi connectivity index (χ4n) is 1.90. The zero-order valence-electron chi connectivity index (χ0n) is 11.2. The number of pyridine rings is 1. The number of nitrogens with zero attached hydrogens (tertiary/aromatic N) is 1. The van der Waals surface area contributed by atoms with Crippen molar-refractivity contribution in [1.82, 2.24) is 4.98 Å². The third-order valence-electron chi connectivity index (χ3n) is 2.97. The molecular formula is C16H17NO2. The van der Waals surface area contributed by atoms with E-state index >= 15 is 0 Å². The van der Waals surface area contributed by atoms with Crippen LogP contribution in [0.2, 0.25) is 0 Å². The highest BCUT2D eigenvalue weighted by molar-refractivity contribution is 6.00. The average Bonchev–Trinajstić information content (AvgIpc) is 2.48. The maximum Gasteiger partial charge on any atom is 0.171 e. The fourth-order valence-corrected chi connectivity index (χ4v) is 1.90. The number of aromatic nitrogens is 1. The number of hydrogen-bond donors (Lipinski definition) is 0. The highest BCUT2D eigenvalue weighted by Gasteiger charge is 2.17. The standard InChI is InChI=1S/C16H17NO2/c1-3-19-14-9-7-13(8-10-14)16(18)12(2)15-6-4-5-11-17-15/h4-12H,3H2,1-2H3. The summed E-state index contributed by atoms with van der Waals surface area (Å²) >= 11 is 0. The van der Waals surface area contributed by atoms with Gasteiger partial charge in [-0.05, 0) is 50.2 Å². The molecule has 3 nitrogen and oxygen atoms in total. The van der Waals surface area contributed by atoms with Crippen molar-refractivity contribution in [3.63, 3.8) is 0 Å². The van der Waals surface area contributed by atoms with E-state index in [9.17, 15) is 4.79 Å². The van der Waals surface area contributed by atoms with Crippen molar-refractivity contribution in [1.29, 1.82) is 0 Å². The number of Topliss-reactive ketones (excluding diaryl/α,β-unsaturated/α-hetero) is 1. The number of carbonyl (C=O) groups is 1. The molecule has 0 radical (unpaired) electrons. The Hall–Kier alpha value is -2.16. The van der Waals surface area contributed by atoms with Crippen LogP contribution in [0.1, 0.15) is 35.8 Å². The van der Waals surface area contributed by atoms with Gasteiger partial charge in [-0.3, -0.25) is 9.78 Å². The van der Waals surface area contributed by atoms with Gasteiger partial charge in [0.25, 0.3) is 0 Å². The van der Waals surface area contributed by atoms with E-state index in [1.165, 1.54) is 0 Å². The first kappa shape index (κ1) is 13.3. The van der Waals surface area contributed by atoms with Gasteiger partial charge in [0.2, 0.25) is 0 Å². The number of hydrogen-bond acceptors (Lipinski definition) is 3. The van der Waals surface area contributed by atoms with E-state index in [-0.39, 0.29) is 11.7 Å². The van der Waals surface area contributed by atoms with Crippen molar-refractivity contribution in [2.75, 3.05) is 6.61 Å². The van der Waals surface area contributed by atoms with E-state index in [0.717, 1.165) is 11.4 Å². The lowest BCUT2D eigenvalue weighted by Gasteiger charge is -2.10. The Bertz CT molecular complexity index is 534.